The summed E-state index contributed by atoms with van der Waals surface area (Å²) in [7, 11) is 0. The minimum Gasteiger partial charge on any atom is -0.494 e. The molecule has 0 radical (unpaired) electrons. The maximum Gasteiger partial charge on any atom is 0.124 e. The van der Waals surface area contributed by atoms with Crippen LogP contribution in [0.1, 0.15) is 32.3 Å². The molecule has 0 aliphatic heterocycles. The first-order chi connectivity index (χ1) is 8.19. The fraction of sp³-hybridized carbons (Fsp3) is 0.571. The van der Waals surface area contributed by atoms with E-state index in [0.29, 0.717) is 12.6 Å². The van der Waals surface area contributed by atoms with Gasteiger partial charge in [-0.2, -0.15) is 0 Å². The predicted molar refractivity (Wildman–Crippen MR) is 68.2 cm³/mol. The lowest BCUT2D eigenvalue weighted by molar-refractivity contribution is 0.168. The summed E-state index contributed by atoms with van der Waals surface area (Å²) in [5.41, 5.74) is 0.628. The second-order valence-electron chi connectivity index (χ2n) is 4.84. The average Bonchev–Trinajstić information content (AvgIpc) is 3.14. The van der Waals surface area contributed by atoms with E-state index in [1.54, 1.807) is 0 Å². The van der Waals surface area contributed by atoms with E-state index in [1.165, 1.54) is 12.8 Å². The van der Waals surface area contributed by atoms with Gasteiger partial charge in [-0.1, -0.05) is 18.2 Å². The monoisotopic (exact) mass is 235 g/mol. The van der Waals surface area contributed by atoms with Gasteiger partial charge in [-0.3, -0.25) is 0 Å². The molecular formula is C14H21NO2. The number of hydrogen-bond acceptors (Lipinski definition) is 3. The van der Waals surface area contributed by atoms with E-state index >= 15 is 0 Å². The lowest BCUT2D eigenvalue weighted by atomic mass is 9.91. The van der Waals surface area contributed by atoms with Gasteiger partial charge in [-0.05, 0) is 32.8 Å². The molecule has 1 aliphatic rings. The molecule has 1 saturated carbocycles. The molecule has 0 heterocycles. The summed E-state index contributed by atoms with van der Waals surface area (Å²) >= 11 is 0. The highest BCUT2D eigenvalue weighted by atomic mass is 16.5. The van der Waals surface area contributed by atoms with Crippen LogP contribution in [0.4, 0.5) is 0 Å². The zero-order valence-electron chi connectivity index (χ0n) is 10.6. The van der Waals surface area contributed by atoms with Crippen molar-refractivity contribution in [1.82, 2.24) is 5.32 Å². The first-order valence-electron chi connectivity index (χ1n) is 6.30. The highest BCUT2D eigenvalue weighted by molar-refractivity contribution is 5.39. The lowest BCUT2D eigenvalue weighted by Crippen LogP contribution is -2.44. The Morgan fingerprint density at radius 2 is 2.12 bits per heavy atom. The van der Waals surface area contributed by atoms with Crippen LogP contribution in [-0.2, 0) is 5.54 Å². The van der Waals surface area contributed by atoms with Gasteiger partial charge < -0.3 is 15.2 Å². The topological polar surface area (TPSA) is 41.5 Å². The summed E-state index contributed by atoms with van der Waals surface area (Å²) in [5, 5.41) is 13.2. The van der Waals surface area contributed by atoms with Gasteiger partial charge in [0.05, 0.1) is 18.8 Å². The zero-order valence-corrected chi connectivity index (χ0v) is 10.6. The summed E-state index contributed by atoms with van der Waals surface area (Å²) < 4.78 is 5.64. The first-order valence-corrected chi connectivity index (χ1v) is 6.30. The molecule has 1 atom stereocenters. The minimum atomic E-state index is -0.410. The average molecular weight is 235 g/mol. The van der Waals surface area contributed by atoms with Crippen LogP contribution >= 0.6 is 0 Å². The molecule has 0 saturated heterocycles. The molecule has 3 heteroatoms. The maximum absolute atomic E-state index is 9.69. The van der Waals surface area contributed by atoms with Gasteiger partial charge in [-0.15, -0.1) is 0 Å². The molecule has 94 valence electrons. The highest BCUT2D eigenvalue weighted by Crippen LogP contribution is 2.33. The normalized spacial score (nSPS) is 18.8. The standard InChI is InChI=1S/C14H21NO2/c1-3-17-13-7-5-4-6-12(13)14(2,10-16)15-11-8-9-11/h4-7,11,15-16H,3,8-10H2,1-2H3. The number of para-hydroxylation sites is 1. The van der Waals surface area contributed by atoms with Gasteiger partial charge >= 0.3 is 0 Å². The summed E-state index contributed by atoms with van der Waals surface area (Å²) in [4.78, 5) is 0. The van der Waals surface area contributed by atoms with E-state index in [-0.39, 0.29) is 6.61 Å². The fourth-order valence-electron chi connectivity index (χ4n) is 2.09. The molecule has 1 unspecified atom stereocenters. The van der Waals surface area contributed by atoms with E-state index in [1.807, 2.05) is 38.1 Å². The van der Waals surface area contributed by atoms with Crippen LogP contribution in [0, 0.1) is 0 Å². The number of aliphatic hydroxyl groups is 1. The van der Waals surface area contributed by atoms with Crippen molar-refractivity contribution >= 4 is 0 Å². The third-order valence-corrected chi connectivity index (χ3v) is 3.20. The van der Waals surface area contributed by atoms with Crippen molar-refractivity contribution in [3.63, 3.8) is 0 Å². The SMILES string of the molecule is CCOc1ccccc1C(C)(CO)NC1CC1. The van der Waals surface area contributed by atoms with Gasteiger partial charge in [0.15, 0.2) is 0 Å². The van der Waals surface area contributed by atoms with Gasteiger partial charge in [0.25, 0.3) is 0 Å². The van der Waals surface area contributed by atoms with Crippen molar-refractivity contribution in [2.75, 3.05) is 13.2 Å². The van der Waals surface area contributed by atoms with Crippen LogP contribution in [0.15, 0.2) is 24.3 Å². The lowest BCUT2D eigenvalue weighted by Gasteiger charge is -2.31. The third-order valence-electron chi connectivity index (χ3n) is 3.20. The van der Waals surface area contributed by atoms with Crippen LogP contribution in [0.25, 0.3) is 0 Å². The Bertz CT molecular complexity index is 376. The van der Waals surface area contributed by atoms with Crippen molar-refractivity contribution < 1.29 is 9.84 Å². The van der Waals surface area contributed by atoms with E-state index in [4.69, 9.17) is 4.74 Å². The van der Waals surface area contributed by atoms with Crippen molar-refractivity contribution in [2.24, 2.45) is 0 Å². The highest BCUT2D eigenvalue weighted by Gasteiger charge is 2.35. The molecular weight excluding hydrogens is 214 g/mol. The molecule has 2 rings (SSSR count). The van der Waals surface area contributed by atoms with E-state index in [0.717, 1.165) is 11.3 Å². The molecule has 1 fully saturated rings. The quantitative estimate of drug-likeness (QED) is 0.793. The Morgan fingerprint density at radius 1 is 1.41 bits per heavy atom. The molecule has 17 heavy (non-hydrogen) atoms. The van der Waals surface area contributed by atoms with Gasteiger partial charge in [0.1, 0.15) is 5.75 Å². The number of hydrogen-bond donors (Lipinski definition) is 2. The Balaban J connectivity index is 2.27. The summed E-state index contributed by atoms with van der Waals surface area (Å²) in [6.07, 6.45) is 2.40. The summed E-state index contributed by atoms with van der Waals surface area (Å²) in [6, 6.07) is 8.48. The molecule has 0 aromatic heterocycles. The largest absolute Gasteiger partial charge is 0.494 e. The third kappa shape index (κ3) is 2.79. The second-order valence-corrected chi connectivity index (χ2v) is 4.84. The molecule has 1 aliphatic carbocycles. The zero-order chi connectivity index (χ0) is 12.3. The van der Waals surface area contributed by atoms with Crippen LogP contribution in [0.3, 0.4) is 0 Å². The number of benzene rings is 1. The van der Waals surface area contributed by atoms with Gasteiger partial charge in [0.2, 0.25) is 0 Å². The first kappa shape index (κ1) is 12.4. The maximum atomic E-state index is 9.69. The number of ether oxygens (including phenoxy) is 1. The number of nitrogens with one attached hydrogen (secondary N) is 1. The number of aliphatic hydroxyl groups excluding tert-OH is 1. The Morgan fingerprint density at radius 3 is 2.71 bits per heavy atom. The van der Waals surface area contributed by atoms with E-state index in [2.05, 4.69) is 5.32 Å². The smallest absolute Gasteiger partial charge is 0.124 e. The van der Waals surface area contributed by atoms with E-state index in [9.17, 15) is 5.11 Å². The van der Waals surface area contributed by atoms with Crippen LogP contribution in [-0.4, -0.2) is 24.4 Å². The molecule has 1 aromatic carbocycles. The van der Waals surface area contributed by atoms with Crippen LogP contribution in [0.2, 0.25) is 0 Å². The van der Waals surface area contributed by atoms with Crippen molar-refractivity contribution in [2.45, 2.75) is 38.3 Å². The molecule has 0 amide bonds. The second kappa shape index (κ2) is 5.07. The fourth-order valence-corrected chi connectivity index (χ4v) is 2.09. The molecule has 3 nitrogen and oxygen atoms in total. The Kier molecular flexibility index (Phi) is 3.69. The number of rotatable bonds is 6. The van der Waals surface area contributed by atoms with Gasteiger partial charge in [0, 0.05) is 11.6 Å². The van der Waals surface area contributed by atoms with Crippen LogP contribution < -0.4 is 10.1 Å². The molecule has 0 bridgehead atoms. The van der Waals surface area contributed by atoms with Gasteiger partial charge in [-0.25, -0.2) is 0 Å². The summed E-state index contributed by atoms with van der Waals surface area (Å²) in [5.74, 6) is 0.861. The molecule has 0 spiro atoms. The predicted octanol–water partition coefficient (Wildman–Crippen LogP) is 2.04. The minimum absolute atomic E-state index is 0.0770. The van der Waals surface area contributed by atoms with Crippen molar-refractivity contribution in [3.05, 3.63) is 29.8 Å². The van der Waals surface area contributed by atoms with Crippen molar-refractivity contribution in [1.29, 1.82) is 0 Å². The van der Waals surface area contributed by atoms with Crippen LogP contribution in [0.5, 0.6) is 5.75 Å². The molecule has 1 aromatic rings. The summed E-state index contributed by atoms with van der Waals surface area (Å²) in [6.45, 7) is 4.72. The molecule has 2 N–H and O–H groups in total. The van der Waals surface area contributed by atoms with E-state index < -0.39 is 5.54 Å². The Labute approximate surface area is 103 Å². The Hall–Kier alpha value is -1.06. The van der Waals surface area contributed by atoms with Crippen molar-refractivity contribution in [3.8, 4) is 5.75 Å².